The maximum absolute atomic E-state index is 14.1. The number of carbonyl (C=O) groups is 1. The molecular weight excluding hydrogens is 451 g/mol. The number of hydrogen-bond donors (Lipinski definition) is 4. The molecule has 190 valence electrons. The van der Waals surface area contributed by atoms with Crippen molar-refractivity contribution in [3.8, 4) is 0 Å². The fraction of sp³-hybridized carbons (Fsp3) is 0.367. The van der Waals surface area contributed by atoms with E-state index in [1.165, 1.54) is 37.3 Å². The van der Waals surface area contributed by atoms with Gasteiger partial charge in [0.2, 0.25) is 0 Å². The van der Waals surface area contributed by atoms with Crippen LogP contribution in [0.15, 0.2) is 54.6 Å². The van der Waals surface area contributed by atoms with Crippen molar-refractivity contribution >= 4 is 29.2 Å². The molecule has 0 saturated carbocycles. The van der Waals surface area contributed by atoms with E-state index in [4.69, 9.17) is 0 Å². The summed E-state index contributed by atoms with van der Waals surface area (Å²) >= 11 is 0. The average Bonchev–Trinajstić information content (AvgIpc) is 3.24. The summed E-state index contributed by atoms with van der Waals surface area (Å²) in [5.41, 5.74) is 5.01. The lowest BCUT2D eigenvalue weighted by Crippen LogP contribution is -2.29. The molecule has 4 N–H and O–H groups in total. The quantitative estimate of drug-likeness (QED) is 0.222. The van der Waals surface area contributed by atoms with Gasteiger partial charge in [-0.25, -0.2) is 4.39 Å². The van der Waals surface area contributed by atoms with Crippen molar-refractivity contribution in [2.75, 3.05) is 16.0 Å². The van der Waals surface area contributed by atoms with Gasteiger partial charge in [0.25, 0.3) is 5.91 Å². The van der Waals surface area contributed by atoms with E-state index < -0.39 is 0 Å². The van der Waals surface area contributed by atoms with Gasteiger partial charge in [0.15, 0.2) is 0 Å². The zero-order valence-electron chi connectivity index (χ0n) is 21.5. The molecule has 0 bridgehead atoms. The number of para-hydroxylation sites is 1. The fourth-order valence-electron chi connectivity index (χ4n) is 4.85. The number of hydrogen-bond acceptors (Lipinski definition) is 3. The van der Waals surface area contributed by atoms with Gasteiger partial charge in [-0.3, -0.25) is 4.79 Å². The highest BCUT2D eigenvalue weighted by Crippen LogP contribution is 2.34. The van der Waals surface area contributed by atoms with Crippen LogP contribution in [0.2, 0.25) is 0 Å². The van der Waals surface area contributed by atoms with Crippen LogP contribution in [0.1, 0.15) is 86.0 Å². The highest BCUT2D eigenvalue weighted by atomic mass is 19.1. The van der Waals surface area contributed by atoms with Crippen molar-refractivity contribution in [1.82, 2.24) is 4.98 Å². The second kappa shape index (κ2) is 11.9. The van der Waals surface area contributed by atoms with Crippen molar-refractivity contribution < 1.29 is 9.18 Å². The topological polar surface area (TPSA) is 69.0 Å². The van der Waals surface area contributed by atoms with Gasteiger partial charge in [0, 0.05) is 16.8 Å². The summed E-state index contributed by atoms with van der Waals surface area (Å²) in [7, 11) is 0. The molecule has 0 fully saturated rings. The summed E-state index contributed by atoms with van der Waals surface area (Å²) in [6, 6.07) is 14.7. The molecule has 2 atom stereocenters. The number of unbranched alkanes of at least 4 members (excludes halogenated alkanes) is 1. The molecule has 2 aromatic carbocycles. The standard InChI is InChI=1S/C30H37FN4O/c1-4-7-11-20(10-5-2)21-14-16-22(17-15-21)30(36)35-28-23-18-19-27(34-29(23)33-25(28)6-3)32-26-13-9-8-12-24(26)31/h8-9,12-20,27,32-34H,4-7,10-11H2,1-3H3,(H,35,36). The first-order chi connectivity index (χ1) is 17.5. The number of amides is 1. The number of aryl methyl sites for hydroxylation is 1. The SMILES string of the molecule is CCCCC(CCC)c1ccc(C(=O)Nc2c(CC)[nH]c3c2C=CC(Nc2ccccc2F)N3)cc1. The zero-order chi connectivity index (χ0) is 25.5. The van der Waals surface area contributed by atoms with E-state index in [9.17, 15) is 9.18 Å². The normalized spacial score (nSPS) is 15.2. The van der Waals surface area contributed by atoms with Crippen LogP contribution in [-0.4, -0.2) is 17.1 Å². The molecule has 0 aliphatic carbocycles. The molecule has 2 unspecified atom stereocenters. The number of aromatic amines is 1. The summed E-state index contributed by atoms with van der Waals surface area (Å²) in [5, 5.41) is 9.64. The van der Waals surface area contributed by atoms with Crippen LogP contribution >= 0.6 is 0 Å². The van der Waals surface area contributed by atoms with Gasteiger partial charge < -0.3 is 20.9 Å². The van der Waals surface area contributed by atoms with Crippen LogP contribution in [0.4, 0.5) is 21.6 Å². The molecule has 0 radical (unpaired) electrons. The number of benzene rings is 2. The Hall–Kier alpha value is -3.54. The van der Waals surface area contributed by atoms with Gasteiger partial charge >= 0.3 is 0 Å². The lowest BCUT2D eigenvalue weighted by atomic mass is 9.89. The molecule has 2 heterocycles. The molecule has 36 heavy (non-hydrogen) atoms. The number of nitrogens with one attached hydrogen (secondary N) is 4. The van der Waals surface area contributed by atoms with E-state index in [0.717, 1.165) is 35.6 Å². The number of fused-ring (bicyclic) bond motifs is 1. The molecule has 0 spiro atoms. The van der Waals surface area contributed by atoms with Gasteiger partial charge in [0.1, 0.15) is 17.8 Å². The van der Waals surface area contributed by atoms with Crippen molar-refractivity contribution in [1.29, 1.82) is 0 Å². The first-order valence-electron chi connectivity index (χ1n) is 13.2. The van der Waals surface area contributed by atoms with E-state index in [2.05, 4.69) is 46.9 Å². The zero-order valence-corrected chi connectivity index (χ0v) is 21.5. The van der Waals surface area contributed by atoms with Crippen LogP contribution in [0.25, 0.3) is 6.08 Å². The Kier molecular flexibility index (Phi) is 8.47. The molecule has 5 nitrogen and oxygen atoms in total. The predicted molar refractivity (Wildman–Crippen MR) is 148 cm³/mol. The molecule has 4 rings (SSSR count). The Labute approximate surface area is 213 Å². The summed E-state index contributed by atoms with van der Waals surface area (Å²) in [5.74, 6) is 0.924. The van der Waals surface area contributed by atoms with Crippen molar-refractivity contribution in [3.63, 3.8) is 0 Å². The van der Waals surface area contributed by atoms with Crippen LogP contribution in [0.3, 0.4) is 0 Å². The maximum atomic E-state index is 14.1. The average molecular weight is 489 g/mol. The molecule has 1 aliphatic heterocycles. The van der Waals surface area contributed by atoms with Gasteiger partial charge in [-0.15, -0.1) is 0 Å². The first-order valence-corrected chi connectivity index (χ1v) is 13.2. The van der Waals surface area contributed by atoms with Crippen molar-refractivity contribution in [2.45, 2.75) is 71.4 Å². The molecule has 0 saturated heterocycles. The van der Waals surface area contributed by atoms with Crippen LogP contribution in [0, 0.1) is 5.82 Å². The molecule has 6 heteroatoms. The largest absolute Gasteiger partial charge is 0.360 e. The van der Waals surface area contributed by atoms with E-state index in [0.29, 0.717) is 17.2 Å². The monoisotopic (exact) mass is 488 g/mol. The van der Waals surface area contributed by atoms with Gasteiger partial charge in [0.05, 0.1) is 11.4 Å². The van der Waals surface area contributed by atoms with Crippen LogP contribution in [-0.2, 0) is 6.42 Å². The van der Waals surface area contributed by atoms with E-state index in [1.807, 2.05) is 31.2 Å². The summed E-state index contributed by atoms with van der Waals surface area (Å²) < 4.78 is 14.1. The smallest absolute Gasteiger partial charge is 0.255 e. The summed E-state index contributed by atoms with van der Waals surface area (Å²) in [4.78, 5) is 16.6. The predicted octanol–water partition coefficient (Wildman–Crippen LogP) is 7.92. The molecular formula is C30H37FN4O. The van der Waals surface area contributed by atoms with Crippen LogP contribution < -0.4 is 16.0 Å². The second-order valence-corrected chi connectivity index (χ2v) is 9.43. The number of anilines is 3. The first kappa shape index (κ1) is 25.5. The molecule has 1 aliphatic rings. The number of halogens is 1. The number of carbonyl (C=O) groups excluding carboxylic acids is 1. The van der Waals surface area contributed by atoms with Crippen molar-refractivity contribution in [3.05, 3.63) is 82.8 Å². The minimum absolute atomic E-state index is 0.126. The van der Waals surface area contributed by atoms with Crippen LogP contribution in [0.5, 0.6) is 0 Å². The number of rotatable bonds is 11. The lowest BCUT2D eigenvalue weighted by Gasteiger charge is -2.22. The van der Waals surface area contributed by atoms with Gasteiger partial charge in [-0.05, 0) is 67.2 Å². The highest BCUT2D eigenvalue weighted by Gasteiger charge is 2.23. The van der Waals surface area contributed by atoms with Gasteiger partial charge in [-0.2, -0.15) is 0 Å². The summed E-state index contributed by atoms with van der Waals surface area (Å²) in [6.07, 6.45) is 10.3. The summed E-state index contributed by atoms with van der Waals surface area (Å²) in [6.45, 7) is 6.50. The third-order valence-corrected chi connectivity index (χ3v) is 6.84. The third-order valence-electron chi connectivity index (χ3n) is 6.84. The Bertz CT molecular complexity index is 1200. The molecule has 3 aromatic rings. The fourth-order valence-corrected chi connectivity index (χ4v) is 4.85. The number of H-pyrrole nitrogens is 1. The Balaban J connectivity index is 1.47. The third kappa shape index (κ3) is 5.81. The minimum atomic E-state index is -0.301. The molecule has 1 amide bonds. The number of aromatic nitrogens is 1. The Morgan fingerprint density at radius 2 is 1.81 bits per heavy atom. The van der Waals surface area contributed by atoms with E-state index >= 15 is 0 Å². The van der Waals surface area contributed by atoms with E-state index in [1.54, 1.807) is 18.2 Å². The molecule has 1 aromatic heterocycles. The van der Waals surface area contributed by atoms with Gasteiger partial charge in [-0.1, -0.05) is 64.3 Å². The highest BCUT2D eigenvalue weighted by molar-refractivity contribution is 6.06. The Morgan fingerprint density at radius 3 is 2.50 bits per heavy atom. The van der Waals surface area contributed by atoms with E-state index in [-0.39, 0.29) is 17.9 Å². The maximum Gasteiger partial charge on any atom is 0.255 e. The Morgan fingerprint density at radius 1 is 1.03 bits per heavy atom. The minimum Gasteiger partial charge on any atom is -0.360 e. The second-order valence-electron chi connectivity index (χ2n) is 9.43. The lowest BCUT2D eigenvalue weighted by molar-refractivity contribution is 0.102. The van der Waals surface area contributed by atoms with Crippen molar-refractivity contribution in [2.24, 2.45) is 0 Å².